The summed E-state index contributed by atoms with van der Waals surface area (Å²) in [7, 11) is 0. The molecule has 0 spiro atoms. The number of carboxylic acids is 1. The van der Waals surface area contributed by atoms with Crippen LogP contribution in [0.1, 0.15) is 51.9 Å². The molecular formula is C13H23NO2. The van der Waals surface area contributed by atoms with Gasteiger partial charge in [-0.1, -0.05) is 26.2 Å². The van der Waals surface area contributed by atoms with E-state index in [4.69, 9.17) is 0 Å². The maximum absolute atomic E-state index is 11.3. The Kier molecular flexibility index (Phi) is 3.85. The fraction of sp³-hybridized carbons (Fsp3) is 0.923. The predicted molar refractivity (Wildman–Crippen MR) is 63.4 cm³/mol. The molecule has 3 heteroatoms. The van der Waals surface area contributed by atoms with Gasteiger partial charge in [0.25, 0.3) is 0 Å². The molecule has 92 valence electrons. The number of hydrogen-bond acceptors (Lipinski definition) is 2. The first-order valence-corrected chi connectivity index (χ1v) is 6.72. The molecule has 2 fully saturated rings. The molecule has 3 atom stereocenters. The highest BCUT2D eigenvalue weighted by Gasteiger charge is 2.40. The van der Waals surface area contributed by atoms with Gasteiger partial charge in [-0.25, -0.2) is 0 Å². The first-order chi connectivity index (χ1) is 7.74. The van der Waals surface area contributed by atoms with Crippen LogP contribution in [-0.2, 0) is 4.79 Å². The van der Waals surface area contributed by atoms with Gasteiger partial charge >= 0.3 is 5.97 Å². The van der Waals surface area contributed by atoms with Gasteiger partial charge in [0.15, 0.2) is 0 Å². The number of aliphatic carboxylic acids is 1. The Morgan fingerprint density at radius 2 is 2.12 bits per heavy atom. The quantitative estimate of drug-likeness (QED) is 0.799. The summed E-state index contributed by atoms with van der Waals surface area (Å²) in [5, 5.41) is 9.31. The molecule has 0 radical (unpaired) electrons. The monoisotopic (exact) mass is 225 g/mol. The van der Waals surface area contributed by atoms with Crippen LogP contribution in [0.5, 0.6) is 0 Å². The van der Waals surface area contributed by atoms with E-state index in [0.29, 0.717) is 6.04 Å². The van der Waals surface area contributed by atoms with E-state index in [1.807, 2.05) is 0 Å². The lowest BCUT2D eigenvalue weighted by Crippen LogP contribution is -2.46. The largest absolute Gasteiger partial charge is 0.480 e. The van der Waals surface area contributed by atoms with Crippen molar-refractivity contribution < 1.29 is 9.90 Å². The average molecular weight is 225 g/mol. The van der Waals surface area contributed by atoms with Crippen LogP contribution >= 0.6 is 0 Å². The lowest BCUT2D eigenvalue weighted by molar-refractivity contribution is -0.144. The van der Waals surface area contributed by atoms with E-state index in [1.54, 1.807) is 0 Å². The standard InChI is InChI=1S/C13H23NO2/c1-2-5-12(13(15)16)14-9-8-10-6-3-4-7-11(10)14/h10-12H,2-9H2,1H3,(H,15,16). The number of fused-ring (bicyclic) bond motifs is 1. The van der Waals surface area contributed by atoms with Gasteiger partial charge in [-0.15, -0.1) is 0 Å². The summed E-state index contributed by atoms with van der Waals surface area (Å²) in [6.07, 6.45) is 8.16. The highest BCUT2D eigenvalue weighted by atomic mass is 16.4. The Hall–Kier alpha value is -0.570. The number of carbonyl (C=O) groups is 1. The van der Waals surface area contributed by atoms with Crippen LogP contribution in [0, 0.1) is 5.92 Å². The van der Waals surface area contributed by atoms with Crippen molar-refractivity contribution in [3.63, 3.8) is 0 Å². The number of rotatable bonds is 4. The maximum atomic E-state index is 11.3. The molecule has 0 aromatic rings. The summed E-state index contributed by atoms with van der Waals surface area (Å²) < 4.78 is 0. The molecule has 0 bridgehead atoms. The third-order valence-electron chi connectivity index (χ3n) is 4.30. The smallest absolute Gasteiger partial charge is 0.320 e. The van der Waals surface area contributed by atoms with Gasteiger partial charge in [-0.05, 0) is 38.1 Å². The van der Waals surface area contributed by atoms with E-state index in [2.05, 4.69) is 11.8 Å². The molecule has 1 N–H and O–H groups in total. The predicted octanol–water partition coefficient (Wildman–Crippen LogP) is 2.50. The van der Waals surface area contributed by atoms with Crippen LogP contribution in [0.4, 0.5) is 0 Å². The fourth-order valence-corrected chi connectivity index (χ4v) is 3.53. The number of nitrogens with zero attached hydrogens (tertiary/aromatic N) is 1. The van der Waals surface area contributed by atoms with Gasteiger partial charge in [0, 0.05) is 6.04 Å². The van der Waals surface area contributed by atoms with Crippen LogP contribution in [0.15, 0.2) is 0 Å². The second kappa shape index (κ2) is 5.17. The molecule has 1 saturated carbocycles. The minimum Gasteiger partial charge on any atom is -0.480 e. The molecule has 3 nitrogen and oxygen atoms in total. The van der Waals surface area contributed by atoms with E-state index in [0.717, 1.165) is 25.3 Å². The fourth-order valence-electron chi connectivity index (χ4n) is 3.53. The van der Waals surface area contributed by atoms with Crippen LogP contribution in [0.25, 0.3) is 0 Å². The van der Waals surface area contributed by atoms with Crippen molar-refractivity contribution in [1.29, 1.82) is 0 Å². The van der Waals surface area contributed by atoms with E-state index >= 15 is 0 Å². The zero-order chi connectivity index (χ0) is 11.5. The third-order valence-corrected chi connectivity index (χ3v) is 4.30. The molecule has 2 rings (SSSR count). The van der Waals surface area contributed by atoms with Gasteiger partial charge in [0.05, 0.1) is 0 Å². The summed E-state index contributed by atoms with van der Waals surface area (Å²) in [6, 6.07) is 0.347. The Labute approximate surface area is 97.8 Å². The van der Waals surface area contributed by atoms with E-state index < -0.39 is 5.97 Å². The molecule has 1 heterocycles. The van der Waals surface area contributed by atoms with Crippen molar-refractivity contribution in [1.82, 2.24) is 4.90 Å². The second-order valence-electron chi connectivity index (χ2n) is 5.28. The lowest BCUT2D eigenvalue weighted by Gasteiger charge is -2.35. The van der Waals surface area contributed by atoms with E-state index in [1.165, 1.54) is 32.1 Å². The Bertz CT molecular complexity index is 254. The second-order valence-corrected chi connectivity index (χ2v) is 5.28. The van der Waals surface area contributed by atoms with Crippen molar-refractivity contribution in [3.05, 3.63) is 0 Å². The normalized spacial score (nSPS) is 32.3. The summed E-state index contributed by atoms with van der Waals surface area (Å²) in [4.78, 5) is 13.6. The lowest BCUT2D eigenvalue weighted by atomic mass is 9.85. The minimum absolute atomic E-state index is 0.224. The van der Waals surface area contributed by atoms with Gasteiger partial charge < -0.3 is 5.11 Å². The summed E-state index contributed by atoms with van der Waals surface area (Å²) in [6.45, 7) is 3.08. The highest BCUT2D eigenvalue weighted by Crippen LogP contribution is 2.37. The molecule has 0 aromatic carbocycles. The molecule has 1 saturated heterocycles. The van der Waals surface area contributed by atoms with Crippen molar-refractivity contribution >= 4 is 5.97 Å². The Balaban J connectivity index is 2.04. The van der Waals surface area contributed by atoms with Gasteiger partial charge in [-0.2, -0.15) is 0 Å². The Morgan fingerprint density at radius 3 is 2.81 bits per heavy atom. The van der Waals surface area contributed by atoms with Crippen LogP contribution in [0.2, 0.25) is 0 Å². The molecular weight excluding hydrogens is 202 g/mol. The van der Waals surface area contributed by atoms with E-state index in [-0.39, 0.29) is 6.04 Å². The first-order valence-electron chi connectivity index (χ1n) is 6.72. The van der Waals surface area contributed by atoms with Gasteiger partial charge in [-0.3, -0.25) is 9.69 Å². The molecule has 0 amide bonds. The molecule has 2 aliphatic rings. The summed E-state index contributed by atoms with van der Waals surface area (Å²) in [5.41, 5.74) is 0. The highest BCUT2D eigenvalue weighted by molar-refractivity contribution is 5.73. The SMILES string of the molecule is CCCC(C(=O)O)N1CCC2CCCCC21. The molecule has 1 aliphatic carbocycles. The summed E-state index contributed by atoms with van der Waals surface area (Å²) >= 11 is 0. The minimum atomic E-state index is -0.618. The average Bonchev–Trinajstić information content (AvgIpc) is 2.69. The van der Waals surface area contributed by atoms with Crippen LogP contribution < -0.4 is 0 Å². The zero-order valence-electron chi connectivity index (χ0n) is 10.2. The van der Waals surface area contributed by atoms with Crippen molar-refractivity contribution in [3.8, 4) is 0 Å². The molecule has 1 aliphatic heterocycles. The number of hydrogen-bond donors (Lipinski definition) is 1. The van der Waals surface area contributed by atoms with Crippen molar-refractivity contribution in [2.24, 2.45) is 5.92 Å². The number of likely N-dealkylation sites (tertiary alicyclic amines) is 1. The molecule has 3 unspecified atom stereocenters. The van der Waals surface area contributed by atoms with E-state index in [9.17, 15) is 9.90 Å². The third kappa shape index (κ3) is 2.24. The summed E-state index contributed by atoms with van der Waals surface area (Å²) in [5.74, 6) is 0.167. The van der Waals surface area contributed by atoms with Gasteiger partial charge in [0.2, 0.25) is 0 Å². The molecule has 16 heavy (non-hydrogen) atoms. The zero-order valence-corrected chi connectivity index (χ0v) is 10.2. The number of carboxylic acid groups (broad SMARTS) is 1. The van der Waals surface area contributed by atoms with Crippen LogP contribution in [-0.4, -0.2) is 34.6 Å². The van der Waals surface area contributed by atoms with Gasteiger partial charge in [0.1, 0.15) is 6.04 Å². The van der Waals surface area contributed by atoms with Crippen LogP contribution in [0.3, 0.4) is 0 Å². The van der Waals surface area contributed by atoms with Crippen molar-refractivity contribution in [2.45, 2.75) is 64.0 Å². The van der Waals surface area contributed by atoms with Crippen molar-refractivity contribution in [2.75, 3.05) is 6.54 Å². The first kappa shape index (κ1) is 11.9. The Morgan fingerprint density at radius 1 is 1.38 bits per heavy atom. The topological polar surface area (TPSA) is 40.5 Å². The maximum Gasteiger partial charge on any atom is 0.320 e. The molecule has 0 aromatic heterocycles.